The monoisotopic (exact) mass is 339 g/mol. The van der Waals surface area contributed by atoms with E-state index in [0.717, 1.165) is 24.9 Å². The lowest BCUT2D eigenvalue weighted by Crippen LogP contribution is -2.63. The van der Waals surface area contributed by atoms with Crippen LogP contribution in [0.4, 0.5) is 0 Å². The summed E-state index contributed by atoms with van der Waals surface area (Å²) in [5, 5.41) is 39.1. The number of rotatable bonds is 3. The Kier molecular flexibility index (Phi) is 4.84. The largest absolute Gasteiger partial charge is 0.479 e. The van der Waals surface area contributed by atoms with Crippen molar-refractivity contribution in [3.8, 4) is 0 Å². The molecule has 132 valence electrons. The second kappa shape index (κ2) is 6.73. The highest BCUT2D eigenvalue weighted by atomic mass is 16.6. The van der Waals surface area contributed by atoms with E-state index in [2.05, 4.69) is 4.90 Å². The predicted octanol–water partition coefficient (Wildman–Crippen LogP) is -1.19. The van der Waals surface area contributed by atoms with Crippen molar-refractivity contribution < 1.29 is 34.5 Å². The standard InChI is InChI=1S/C16H22N2O6/c1-17-6-3-5-10(17)9-4-2-7-18(8-9)15-13(21)11(19)12(20)14(24-15)16(22)23/h2,4,7-8,10-15,19-21H,3,5-6H2,1H3/p+1/t10?,11-,12-,13+,14-,15+/m0/s1. The molecule has 1 aromatic rings. The van der Waals surface area contributed by atoms with Gasteiger partial charge in [0.25, 0.3) is 6.23 Å². The van der Waals surface area contributed by atoms with E-state index in [1.165, 1.54) is 0 Å². The summed E-state index contributed by atoms with van der Waals surface area (Å²) in [5.74, 6) is -1.38. The van der Waals surface area contributed by atoms with Crippen LogP contribution in [0.5, 0.6) is 0 Å². The number of aliphatic hydroxyl groups excluding tert-OH is 3. The fourth-order valence-corrected chi connectivity index (χ4v) is 3.51. The molecular weight excluding hydrogens is 316 g/mol. The maximum atomic E-state index is 11.2. The van der Waals surface area contributed by atoms with Crippen molar-refractivity contribution in [1.29, 1.82) is 0 Å². The Labute approximate surface area is 139 Å². The van der Waals surface area contributed by atoms with Crippen molar-refractivity contribution >= 4 is 5.97 Å². The normalized spacial score (nSPS) is 37.5. The van der Waals surface area contributed by atoms with Crippen molar-refractivity contribution in [2.24, 2.45) is 0 Å². The third-order valence-electron chi connectivity index (χ3n) is 4.88. The number of aliphatic hydroxyl groups is 3. The lowest BCUT2D eigenvalue weighted by molar-refractivity contribution is -0.777. The van der Waals surface area contributed by atoms with E-state index in [-0.39, 0.29) is 6.04 Å². The van der Waals surface area contributed by atoms with Crippen molar-refractivity contribution in [2.75, 3.05) is 13.6 Å². The van der Waals surface area contributed by atoms with Gasteiger partial charge in [0.1, 0.15) is 12.2 Å². The van der Waals surface area contributed by atoms with Crippen LogP contribution < -0.4 is 4.57 Å². The molecule has 0 radical (unpaired) electrons. The van der Waals surface area contributed by atoms with Crippen LogP contribution >= 0.6 is 0 Å². The van der Waals surface area contributed by atoms with E-state index >= 15 is 0 Å². The lowest BCUT2D eigenvalue weighted by Gasteiger charge is -2.35. The Hall–Kier alpha value is -1.58. The molecule has 6 atom stereocenters. The second-order valence-corrected chi connectivity index (χ2v) is 6.48. The summed E-state index contributed by atoms with van der Waals surface area (Å²) in [5.41, 5.74) is 1.03. The first-order valence-corrected chi connectivity index (χ1v) is 8.03. The number of hydrogen-bond acceptors (Lipinski definition) is 6. The Morgan fingerprint density at radius 3 is 2.67 bits per heavy atom. The molecule has 8 nitrogen and oxygen atoms in total. The zero-order valence-corrected chi connectivity index (χ0v) is 13.4. The molecule has 2 aliphatic heterocycles. The van der Waals surface area contributed by atoms with Gasteiger partial charge in [-0.15, -0.1) is 0 Å². The number of ether oxygens (including phenoxy) is 1. The molecule has 0 amide bonds. The van der Waals surface area contributed by atoms with Crippen LogP contribution in [0.15, 0.2) is 24.5 Å². The number of likely N-dealkylation sites (tertiary alicyclic amines) is 1. The maximum Gasteiger partial charge on any atom is 0.335 e. The fraction of sp³-hybridized carbons (Fsp3) is 0.625. The van der Waals surface area contributed by atoms with Gasteiger partial charge in [0.15, 0.2) is 24.6 Å². The smallest absolute Gasteiger partial charge is 0.335 e. The zero-order valence-electron chi connectivity index (χ0n) is 13.4. The molecule has 4 N–H and O–H groups in total. The van der Waals surface area contributed by atoms with Crippen molar-refractivity contribution in [3.63, 3.8) is 0 Å². The zero-order chi connectivity index (χ0) is 17.4. The Morgan fingerprint density at radius 1 is 1.29 bits per heavy atom. The molecule has 2 saturated heterocycles. The average Bonchev–Trinajstić information content (AvgIpc) is 2.99. The SMILES string of the molecule is CN1CCCC1c1ccc[n+]([C@@H]2O[C@H](C(=O)O)[C@@H](O)[C@H](O)[C@H]2O)c1. The number of carboxylic acid groups (broad SMARTS) is 1. The summed E-state index contributed by atoms with van der Waals surface area (Å²) < 4.78 is 6.92. The van der Waals surface area contributed by atoms with E-state index in [1.807, 2.05) is 13.1 Å². The Bertz CT molecular complexity index is 612. The first-order valence-electron chi connectivity index (χ1n) is 8.03. The van der Waals surface area contributed by atoms with Gasteiger partial charge < -0.3 is 25.2 Å². The minimum Gasteiger partial charge on any atom is -0.479 e. The van der Waals surface area contributed by atoms with Crippen LogP contribution in [0.1, 0.15) is 30.7 Å². The number of hydrogen-bond donors (Lipinski definition) is 4. The summed E-state index contributed by atoms with van der Waals surface area (Å²) in [6.45, 7) is 1.01. The maximum absolute atomic E-state index is 11.2. The van der Waals surface area contributed by atoms with Crippen LogP contribution in [-0.2, 0) is 9.53 Å². The summed E-state index contributed by atoms with van der Waals surface area (Å²) in [6, 6.07) is 4.02. The number of carbonyl (C=O) groups is 1. The van der Waals surface area contributed by atoms with Gasteiger partial charge in [-0.1, -0.05) is 0 Å². The predicted molar refractivity (Wildman–Crippen MR) is 80.8 cm³/mol. The number of carboxylic acids is 1. The molecule has 3 heterocycles. The second-order valence-electron chi connectivity index (χ2n) is 6.48. The minimum atomic E-state index is -1.68. The van der Waals surface area contributed by atoms with Crippen molar-refractivity contribution in [2.45, 2.75) is 49.5 Å². The van der Waals surface area contributed by atoms with Gasteiger partial charge in [0, 0.05) is 17.7 Å². The molecule has 2 fully saturated rings. The highest BCUT2D eigenvalue weighted by Gasteiger charge is 2.51. The van der Waals surface area contributed by atoms with Crippen LogP contribution in [-0.4, -0.2) is 69.3 Å². The van der Waals surface area contributed by atoms with E-state index in [4.69, 9.17) is 9.84 Å². The van der Waals surface area contributed by atoms with E-state index in [0.29, 0.717) is 0 Å². The molecule has 8 heteroatoms. The highest BCUT2D eigenvalue weighted by Crippen LogP contribution is 2.30. The minimum absolute atomic E-state index is 0.254. The van der Waals surface area contributed by atoms with E-state index in [9.17, 15) is 20.1 Å². The Morgan fingerprint density at radius 2 is 2.04 bits per heavy atom. The first kappa shape index (κ1) is 17.2. The molecule has 0 saturated carbocycles. The van der Waals surface area contributed by atoms with E-state index < -0.39 is 36.6 Å². The fourth-order valence-electron chi connectivity index (χ4n) is 3.51. The molecule has 0 spiro atoms. The third kappa shape index (κ3) is 3.03. The van der Waals surface area contributed by atoms with Crippen LogP contribution in [0, 0.1) is 0 Å². The van der Waals surface area contributed by atoms with Gasteiger partial charge >= 0.3 is 5.97 Å². The third-order valence-corrected chi connectivity index (χ3v) is 4.88. The molecule has 1 unspecified atom stereocenters. The molecule has 1 aromatic heterocycles. The highest BCUT2D eigenvalue weighted by molar-refractivity contribution is 5.73. The molecule has 3 rings (SSSR count). The Balaban J connectivity index is 1.88. The van der Waals surface area contributed by atoms with Crippen LogP contribution in [0.25, 0.3) is 0 Å². The topological polar surface area (TPSA) is 114 Å². The number of pyridine rings is 1. The number of aromatic nitrogens is 1. The molecule has 24 heavy (non-hydrogen) atoms. The molecule has 2 aliphatic rings. The quantitative estimate of drug-likeness (QED) is 0.512. The van der Waals surface area contributed by atoms with E-state index in [1.54, 1.807) is 23.0 Å². The van der Waals surface area contributed by atoms with Gasteiger partial charge in [-0.05, 0) is 32.5 Å². The summed E-state index contributed by atoms with van der Waals surface area (Å²) >= 11 is 0. The summed E-state index contributed by atoms with van der Waals surface area (Å²) in [6.07, 6.45) is -1.84. The number of nitrogens with zero attached hydrogens (tertiary/aromatic N) is 2. The van der Waals surface area contributed by atoms with Crippen LogP contribution in [0.3, 0.4) is 0 Å². The van der Waals surface area contributed by atoms with Gasteiger partial charge in [-0.3, -0.25) is 4.90 Å². The van der Waals surface area contributed by atoms with Gasteiger partial charge in [-0.25, -0.2) is 4.79 Å². The van der Waals surface area contributed by atoms with Crippen molar-refractivity contribution in [3.05, 3.63) is 30.1 Å². The molecular formula is C16H23N2O6+. The average molecular weight is 339 g/mol. The number of aliphatic carboxylic acids is 1. The van der Waals surface area contributed by atoms with Crippen LogP contribution in [0.2, 0.25) is 0 Å². The molecule has 0 aromatic carbocycles. The van der Waals surface area contributed by atoms with Gasteiger partial charge in [0.05, 0.1) is 0 Å². The molecule has 0 aliphatic carbocycles. The van der Waals surface area contributed by atoms with Crippen molar-refractivity contribution in [1.82, 2.24) is 4.90 Å². The lowest BCUT2D eigenvalue weighted by atomic mass is 9.97. The first-order chi connectivity index (χ1) is 11.4. The van der Waals surface area contributed by atoms with Gasteiger partial charge in [0.2, 0.25) is 0 Å². The molecule has 0 bridgehead atoms. The summed E-state index contributed by atoms with van der Waals surface area (Å²) in [4.78, 5) is 13.5. The van der Waals surface area contributed by atoms with Gasteiger partial charge in [-0.2, -0.15) is 4.57 Å². The summed E-state index contributed by atoms with van der Waals surface area (Å²) in [7, 11) is 2.04.